The highest BCUT2D eigenvalue weighted by molar-refractivity contribution is 5.94. The van der Waals surface area contributed by atoms with E-state index in [1.807, 2.05) is 12.1 Å². The molecule has 0 spiro atoms. The molecule has 0 saturated carbocycles. The minimum Gasteiger partial charge on any atom is -0.495 e. The molecule has 0 aliphatic carbocycles. The predicted molar refractivity (Wildman–Crippen MR) is 96.1 cm³/mol. The Hall–Kier alpha value is -3.16. The highest BCUT2D eigenvalue weighted by Gasteiger charge is 2.23. The third kappa shape index (κ3) is 4.08. The first-order chi connectivity index (χ1) is 12.7. The number of hydrogen-bond donors (Lipinski definition) is 1. The van der Waals surface area contributed by atoms with Gasteiger partial charge in [0.2, 0.25) is 0 Å². The van der Waals surface area contributed by atoms with E-state index >= 15 is 0 Å². The second kappa shape index (κ2) is 8.28. The average Bonchev–Trinajstić information content (AvgIpc) is 2.95. The Morgan fingerprint density at radius 3 is 2.50 bits per heavy atom. The van der Waals surface area contributed by atoms with Crippen molar-refractivity contribution in [2.24, 2.45) is 0 Å². The Kier molecular flexibility index (Phi) is 5.62. The molecule has 0 unspecified atom stereocenters. The molecule has 0 atom stereocenters. The monoisotopic (exact) mass is 355 g/mol. The predicted octanol–water partition coefficient (Wildman–Crippen LogP) is 1.87. The standard InChI is InChI=1S/C18H21N5O3/c1-26-16-6-3-2-5-15(16)21-18(25)23-8-4-7-22(9-10-23)17(24)14-11-19-13-20-12-14/h2-3,5-6,11-13H,4,7-10H2,1H3,(H,21,25). The van der Waals surface area contributed by atoms with Crippen molar-refractivity contribution in [3.63, 3.8) is 0 Å². The van der Waals surface area contributed by atoms with E-state index in [4.69, 9.17) is 4.74 Å². The molecule has 136 valence electrons. The Morgan fingerprint density at radius 1 is 1.04 bits per heavy atom. The summed E-state index contributed by atoms with van der Waals surface area (Å²) in [7, 11) is 1.56. The summed E-state index contributed by atoms with van der Waals surface area (Å²) in [5.74, 6) is 0.495. The molecular weight excluding hydrogens is 334 g/mol. The van der Waals surface area contributed by atoms with E-state index in [0.29, 0.717) is 49.6 Å². The van der Waals surface area contributed by atoms with Crippen LogP contribution < -0.4 is 10.1 Å². The summed E-state index contributed by atoms with van der Waals surface area (Å²) >= 11 is 0. The summed E-state index contributed by atoms with van der Waals surface area (Å²) in [6, 6.07) is 7.06. The summed E-state index contributed by atoms with van der Waals surface area (Å²) in [6.07, 6.45) is 5.11. The number of hydrogen-bond acceptors (Lipinski definition) is 5. The zero-order chi connectivity index (χ0) is 18.4. The van der Waals surface area contributed by atoms with E-state index in [1.165, 1.54) is 18.7 Å². The second-order valence-electron chi connectivity index (χ2n) is 5.89. The van der Waals surface area contributed by atoms with Gasteiger partial charge in [0.25, 0.3) is 5.91 Å². The highest BCUT2D eigenvalue weighted by atomic mass is 16.5. The molecular formula is C18H21N5O3. The lowest BCUT2D eigenvalue weighted by molar-refractivity contribution is 0.0762. The van der Waals surface area contributed by atoms with Crippen LogP contribution in [-0.4, -0.2) is 65.0 Å². The smallest absolute Gasteiger partial charge is 0.322 e. The third-order valence-corrected chi connectivity index (χ3v) is 4.23. The van der Waals surface area contributed by atoms with Crippen LogP contribution in [0.1, 0.15) is 16.8 Å². The number of amides is 3. The molecule has 2 aromatic rings. The van der Waals surface area contributed by atoms with Crippen LogP contribution >= 0.6 is 0 Å². The lowest BCUT2D eigenvalue weighted by Gasteiger charge is -2.22. The fourth-order valence-electron chi connectivity index (χ4n) is 2.86. The van der Waals surface area contributed by atoms with E-state index < -0.39 is 0 Å². The van der Waals surface area contributed by atoms with Gasteiger partial charge in [-0.15, -0.1) is 0 Å². The van der Waals surface area contributed by atoms with Gasteiger partial charge in [0.1, 0.15) is 12.1 Å². The maximum Gasteiger partial charge on any atom is 0.322 e. The number of methoxy groups -OCH3 is 1. The van der Waals surface area contributed by atoms with Gasteiger partial charge in [-0.05, 0) is 18.6 Å². The minimum atomic E-state index is -0.202. The Morgan fingerprint density at radius 2 is 1.73 bits per heavy atom. The van der Waals surface area contributed by atoms with Crippen LogP contribution in [0.2, 0.25) is 0 Å². The molecule has 0 radical (unpaired) electrons. The molecule has 8 heteroatoms. The van der Waals surface area contributed by atoms with Gasteiger partial charge in [-0.1, -0.05) is 12.1 Å². The topological polar surface area (TPSA) is 87.7 Å². The molecule has 3 rings (SSSR count). The van der Waals surface area contributed by atoms with Crippen LogP contribution in [0, 0.1) is 0 Å². The van der Waals surface area contributed by atoms with Crippen molar-refractivity contribution in [1.82, 2.24) is 19.8 Å². The molecule has 8 nitrogen and oxygen atoms in total. The van der Waals surface area contributed by atoms with E-state index in [0.717, 1.165) is 0 Å². The van der Waals surface area contributed by atoms with Crippen molar-refractivity contribution >= 4 is 17.6 Å². The second-order valence-corrected chi connectivity index (χ2v) is 5.89. The third-order valence-electron chi connectivity index (χ3n) is 4.23. The molecule has 1 aromatic carbocycles. The van der Waals surface area contributed by atoms with Gasteiger partial charge in [-0.25, -0.2) is 14.8 Å². The van der Waals surface area contributed by atoms with E-state index in [9.17, 15) is 9.59 Å². The van der Waals surface area contributed by atoms with Crippen LogP contribution in [0.25, 0.3) is 0 Å². The maximum atomic E-state index is 12.6. The zero-order valence-electron chi connectivity index (χ0n) is 14.6. The van der Waals surface area contributed by atoms with Gasteiger partial charge in [-0.2, -0.15) is 0 Å². The number of nitrogens with zero attached hydrogens (tertiary/aromatic N) is 4. The largest absolute Gasteiger partial charge is 0.495 e. The Balaban J connectivity index is 1.61. The van der Waals surface area contributed by atoms with Gasteiger partial charge in [-0.3, -0.25) is 4.79 Å². The number of nitrogens with one attached hydrogen (secondary N) is 1. The number of carbonyl (C=O) groups excluding carboxylic acids is 2. The normalized spacial score (nSPS) is 14.5. The fraction of sp³-hybridized carbons (Fsp3) is 0.333. The van der Waals surface area contributed by atoms with Gasteiger partial charge < -0.3 is 19.9 Å². The Labute approximate surface area is 151 Å². The number of carbonyl (C=O) groups is 2. The molecule has 1 aliphatic heterocycles. The average molecular weight is 355 g/mol. The van der Waals surface area contributed by atoms with Crippen molar-refractivity contribution in [3.8, 4) is 5.75 Å². The molecule has 3 amide bonds. The summed E-state index contributed by atoms with van der Waals surface area (Å²) in [6.45, 7) is 2.09. The van der Waals surface area contributed by atoms with Crippen LogP contribution in [-0.2, 0) is 0 Å². The first-order valence-electron chi connectivity index (χ1n) is 8.42. The van der Waals surface area contributed by atoms with Gasteiger partial charge in [0.05, 0.1) is 18.4 Å². The lowest BCUT2D eigenvalue weighted by Crippen LogP contribution is -2.39. The molecule has 2 heterocycles. The molecule has 1 fully saturated rings. The first kappa shape index (κ1) is 17.7. The molecule has 0 bridgehead atoms. The summed E-state index contributed by atoms with van der Waals surface area (Å²) < 4.78 is 5.26. The number of rotatable bonds is 3. The first-order valence-corrected chi connectivity index (χ1v) is 8.42. The van der Waals surface area contributed by atoms with Gasteiger partial charge in [0, 0.05) is 38.6 Å². The van der Waals surface area contributed by atoms with E-state index in [2.05, 4.69) is 15.3 Å². The highest BCUT2D eigenvalue weighted by Crippen LogP contribution is 2.23. The lowest BCUT2D eigenvalue weighted by atomic mass is 10.3. The van der Waals surface area contributed by atoms with Gasteiger partial charge in [0.15, 0.2) is 0 Å². The van der Waals surface area contributed by atoms with Gasteiger partial charge >= 0.3 is 6.03 Å². The molecule has 1 N–H and O–H groups in total. The van der Waals surface area contributed by atoms with Crippen molar-refractivity contribution in [1.29, 1.82) is 0 Å². The number of aromatic nitrogens is 2. The van der Waals surface area contributed by atoms with Crippen molar-refractivity contribution in [2.45, 2.75) is 6.42 Å². The van der Waals surface area contributed by atoms with E-state index in [-0.39, 0.29) is 11.9 Å². The van der Waals surface area contributed by atoms with Crippen molar-refractivity contribution in [3.05, 3.63) is 48.5 Å². The quantitative estimate of drug-likeness (QED) is 0.908. The number of anilines is 1. The SMILES string of the molecule is COc1ccccc1NC(=O)N1CCCN(C(=O)c2cncnc2)CC1. The fourth-order valence-corrected chi connectivity index (χ4v) is 2.86. The number of urea groups is 1. The molecule has 26 heavy (non-hydrogen) atoms. The number of benzene rings is 1. The molecule has 1 saturated heterocycles. The summed E-state index contributed by atoms with van der Waals surface area (Å²) in [4.78, 5) is 36.3. The summed E-state index contributed by atoms with van der Waals surface area (Å²) in [5.41, 5.74) is 1.08. The minimum absolute atomic E-state index is 0.113. The van der Waals surface area contributed by atoms with Crippen LogP contribution in [0.4, 0.5) is 10.5 Å². The summed E-state index contributed by atoms with van der Waals surface area (Å²) in [5, 5.41) is 2.87. The number of para-hydroxylation sites is 2. The van der Waals surface area contributed by atoms with Crippen molar-refractivity contribution < 1.29 is 14.3 Å². The van der Waals surface area contributed by atoms with Crippen LogP contribution in [0.3, 0.4) is 0 Å². The maximum absolute atomic E-state index is 12.6. The Bertz CT molecular complexity index is 768. The van der Waals surface area contributed by atoms with Crippen LogP contribution in [0.15, 0.2) is 43.0 Å². The molecule has 1 aromatic heterocycles. The van der Waals surface area contributed by atoms with Crippen molar-refractivity contribution in [2.75, 3.05) is 38.6 Å². The number of ether oxygens (including phenoxy) is 1. The van der Waals surface area contributed by atoms with E-state index in [1.54, 1.807) is 29.0 Å². The van der Waals surface area contributed by atoms with Crippen LogP contribution in [0.5, 0.6) is 5.75 Å². The molecule has 1 aliphatic rings. The zero-order valence-corrected chi connectivity index (χ0v) is 14.6.